The third-order valence-electron chi connectivity index (χ3n) is 3.80. The van der Waals surface area contributed by atoms with E-state index in [1.54, 1.807) is 9.80 Å². The molecule has 1 unspecified atom stereocenters. The molecule has 2 amide bonds. The fourth-order valence-corrected chi connectivity index (χ4v) is 2.77. The molecule has 0 aliphatic carbocycles. The Morgan fingerprint density at radius 3 is 2.31 bits per heavy atom. The second-order valence-corrected chi connectivity index (χ2v) is 8.66. The zero-order chi connectivity index (χ0) is 20.0. The van der Waals surface area contributed by atoms with Crippen LogP contribution in [0, 0.1) is 11.3 Å². The highest BCUT2D eigenvalue weighted by atomic mass is 16.6. The first kappa shape index (κ1) is 22.1. The quantitative estimate of drug-likeness (QED) is 0.688. The standard InChI is InChI=1S/C19H33N3O4/c1-18(2,3)25-16(23)21(12-8-7-11-20)14-15-10-9-13-22(15)17(24)26-19(4,5)6/h15H,7-10,12-14H2,1-6H3. The van der Waals surface area contributed by atoms with Crippen molar-refractivity contribution < 1.29 is 19.1 Å². The highest BCUT2D eigenvalue weighted by molar-refractivity contribution is 5.70. The van der Waals surface area contributed by atoms with Gasteiger partial charge in [-0.2, -0.15) is 5.26 Å². The molecular formula is C19H33N3O4. The molecule has 1 fully saturated rings. The molecule has 0 aromatic rings. The Morgan fingerprint density at radius 1 is 1.15 bits per heavy atom. The molecule has 1 aliphatic rings. The number of hydrogen-bond acceptors (Lipinski definition) is 5. The van der Waals surface area contributed by atoms with Gasteiger partial charge in [-0.25, -0.2) is 9.59 Å². The largest absolute Gasteiger partial charge is 0.444 e. The summed E-state index contributed by atoms with van der Waals surface area (Å²) in [6.45, 7) is 12.4. The summed E-state index contributed by atoms with van der Waals surface area (Å²) < 4.78 is 11.0. The zero-order valence-corrected chi connectivity index (χ0v) is 17.0. The number of carbonyl (C=O) groups excluding carboxylic acids is 2. The van der Waals surface area contributed by atoms with Crippen LogP contribution in [0.3, 0.4) is 0 Å². The first-order chi connectivity index (χ1) is 11.9. The van der Waals surface area contributed by atoms with Crippen molar-refractivity contribution in [1.29, 1.82) is 5.26 Å². The molecule has 0 bridgehead atoms. The molecule has 26 heavy (non-hydrogen) atoms. The van der Waals surface area contributed by atoms with Gasteiger partial charge in [0.15, 0.2) is 0 Å². The van der Waals surface area contributed by atoms with E-state index in [1.165, 1.54) is 0 Å². The number of nitrogens with zero attached hydrogens (tertiary/aromatic N) is 3. The summed E-state index contributed by atoms with van der Waals surface area (Å²) in [5.41, 5.74) is -1.15. The Bertz CT molecular complexity index is 528. The predicted molar refractivity (Wildman–Crippen MR) is 98.6 cm³/mol. The fraction of sp³-hybridized carbons (Fsp3) is 0.842. The number of carbonyl (C=O) groups is 2. The molecule has 0 aromatic heterocycles. The Labute approximate surface area is 157 Å². The lowest BCUT2D eigenvalue weighted by atomic mass is 10.2. The predicted octanol–water partition coefficient (Wildman–Crippen LogP) is 3.93. The monoisotopic (exact) mass is 367 g/mol. The van der Waals surface area contributed by atoms with E-state index in [0.29, 0.717) is 32.5 Å². The van der Waals surface area contributed by atoms with Crippen molar-refractivity contribution in [2.75, 3.05) is 19.6 Å². The number of ether oxygens (including phenoxy) is 2. The van der Waals surface area contributed by atoms with Crippen molar-refractivity contribution in [3.8, 4) is 6.07 Å². The van der Waals surface area contributed by atoms with E-state index in [-0.39, 0.29) is 12.1 Å². The van der Waals surface area contributed by atoms with Gasteiger partial charge < -0.3 is 19.3 Å². The normalized spacial score (nSPS) is 17.6. The Morgan fingerprint density at radius 2 is 1.77 bits per heavy atom. The average molecular weight is 367 g/mol. The summed E-state index contributed by atoms with van der Waals surface area (Å²) in [7, 11) is 0. The molecule has 7 heteroatoms. The van der Waals surface area contributed by atoms with Crippen LogP contribution in [0.2, 0.25) is 0 Å². The minimum absolute atomic E-state index is 0.0977. The molecule has 7 nitrogen and oxygen atoms in total. The van der Waals surface area contributed by atoms with Gasteiger partial charge in [0.25, 0.3) is 0 Å². The van der Waals surface area contributed by atoms with Crippen LogP contribution in [0.15, 0.2) is 0 Å². The van der Waals surface area contributed by atoms with Crippen LogP contribution in [-0.2, 0) is 9.47 Å². The number of nitriles is 1. The van der Waals surface area contributed by atoms with Crippen molar-refractivity contribution in [1.82, 2.24) is 9.80 Å². The molecule has 1 saturated heterocycles. The lowest BCUT2D eigenvalue weighted by molar-refractivity contribution is 0.00871. The van der Waals surface area contributed by atoms with Crippen molar-refractivity contribution in [3.63, 3.8) is 0 Å². The van der Waals surface area contributed by atoms with Gasteiger partial charge in [-0.3, -0.25) is 0 Å². The van der Waals surface area contributed by atoms with Crippen LogP contribution in [0.1, 0.15) is 67.2 Å². The number of likely N-dealkylation sites (tertiary alicyclic amines) is 1. The molecule has 148 valence electrons. The summed E-state index contributed by atoms with van der Waals surface area (Å²) >= 11 is 0. The van der Waals surface area contributed by atoms with Crippen LogP contribution in [0.4, 0.5) is 9.59 Å². The first-order valence-corrected chi connectivity index (χ1v) is 9.27. The molecule has 1 rings (SSSR count). The third-order valence-corrected chi connectivity index (χ3v) is 3.80. The van der Waals surface area contributed by atoms with Gasteiger partial charge in [-0.05, 0) is 60.8 Å². The van der Waals surface area contributed by atoms with Gasteiger partial charge in [-0.1, -0.05) is 0 Å². The molecule has 1 heterocycles. The van der Waals surface area contributed by atoms with Crippen LogP contribution >= 0.6 is 0 Å². The highest BCUT2D eigenvalue weighted by Crippen LogP contribution is 2.22. The summed E-state index contributed by atoms with van der Waals surface area (Å²) in [6, 6.07) is 2.00. The minimum Gasteiger partial charge on any atom is -0.444 e. The zero-order valence-electron chi connectivity index (χ0n) is 17.0. The lowest BCUT2D eigenvalue weighted by Gasteiger charge is -2.33. The minimum atomic E-state index is -0.592. The van der Waals surface area contributed by atoms with Gasteiger partial charge in [0, 0.05) is 26.1 Å². The Kier molecular flexibility index (Phi) is 7.73. The highest BCUT2D eigenvalue weighted by Gasteiger charge is 2.35. The molecular weight excluding hydrogens is 334 g/mol. The topological polar surface area (TPSA) is 82.9 Å². The maximum atomic E-state index is 12.5. The lowest BCUT2D eigenvalue weighted by Crippen LogP contribution is -2.48. The smallest absolute Gasteiger partial charge is 0.410 e. The second-order valence-electron chi connectivity index (χ2n) is 8.66. The number of amides is 2. The molecule has 0 aromatic carbocycles. The van der Waals surface area contributed by atoms with E-state index in [2.05, 4.69) is 6.07 Å². The Hall–Kier alpha value is -1.97. The summed E-state index contributed by atoms with van der Waals surface area (Å²) in [6.07, 6.45) is 1.89. The SMILES string of the molecule is CC(C)(C)OC(=O)N(CCCC#N)CC1CCCN1C(=O)OC(C)(C)C. The molecule has 1 aliphatic heterocycles. The van der Waals surface area contributed by atoms with Crippen molar-refractivity contribution in [2.45, 2.75) is 84.5 Å². The van der Waals surface area contributed by atoms with Crippen molar-refractivity contribution >= 4 is 12.2 Å². The average Bonchev–Trinajstić information content (AvgIpc) is 2.91. The van der Waals surface area contributed by atoms with Gasteiger partial charge in [0.1, 0.15) is 11.2 Å². The van der Waals surface area contributed by atoms with E-state index >= 15 is 0 Å². The number of rotatable bonds is 5. The van der Waals surface area contributed by atoms with E-state index < -0.39 is 17.3 Å². The summed E-state index contributed by atoms with van der Waals surface area (Å²) in [5, 5.41) is 8.76. The van der Waals surface area contributed by atoms with E-state index in [1.807, 2.05) is 41.5 Å². The van der Waals surface area contributed by atoms with Crippen LogP contribution in [-0.4, -0.2) is 58.9 Å². The first-order valence-electron chi connectivity index (χ1n) is 9.27. The van der Waals surface area contributed by atoms with Gasteiger partial charge in [0.05, 0.1) is 12.1 Å². The summed E-state index contributed by atoms with van der Waals surface area (Å²) in [5.74, 6) is 0. The summed E-state index contributed by atoms with van der Waals surface area (Å²) in [4.78, 5) is 28.3. The molecule has 0 spiro atoms. The van der Waals surface area contributed by atoms with Gasteiger partial charge in [0.2, 0.25) is 0 Å². The fourth-order valence-electron chi connectivity index (χ4n) is 2.77. The molecule has 0 N–H and O–H groups in total. The van der Waals surface area contributed by atoms with Crippen LogP contribution in [0.5, 0.6) is 0 Å². The maximum Gasteiger partial charge on any atom is 0.410 e. The Balaban J connectivity index is 2.79. The number of hydrogen-bond donors (Lipinski definition) is 0. The molecule has 0 radical (unpaired) electrons. The van der Waals surface area contributed by atoms with E-state index in [4.69, 9.17) is 14.7 Å². The third kappa shape index (κ3) is 7.94. The second kappa shape index (κ2) is 9.11. The van der Waals surface area contributed by atoms with E-state index in [0.717, 1.165) is 12.8 Å². The van der Waals surface area contributed by atoms with Crippen molar-refractivity contribution in [2.24, 2.45) is 0 Å². The van der Waals surface area contributed by atoms with E-state index in [9.17, 15) is 9.59 Å². The van der Waals surface area contributed by atoms with Crippen LogP contribution < -0.4 is 0 Å². The van der Waals surface area contributed by atoms with Crippen molar-refractivity contribution in [3.05, 3.63) is 0 Å². The maximum absolute atomic E-state index is 12.5. The molecule has 0 saturated carbocycles. The van der Waals surface area contributed by atoms with Crippen LogP contribution in [0.25, 0.3) is 0 Å². The number of unbranched alkanes of at least 4 members (excludes halogenated alkanes) is 1. The van der Waals surface area contributed by atoms with Gasteiger partial charge >= 0.3 is 12.2 Å². The van der Waals surface area contributed by atoms with Gasteiger partial charge in [-0.15, -0.1) is 0 Å². The molecule has 1 atom stereocenters.